The van der Waals surface area contributed by atoms with Crippen LogP contribution in [0.5, 0.6) is 0 Å². The second kappa shape index (κ2) is 12.4. The Hall–Kier alpha value is -5.16. The van der Waals surface area contributed by atoms with Crippen molar-refractivity contribution in [2.24, 2.45) is 9.98 Å². The summed E-state index contributed by atoms with van der Waals surface area (Å²) in [6.45, 7) is 8.40. The average Bonchev–Trinajstić information content (AvgIpc) is 3.45. The zero-order valence-electron chi connectivity index (χ0n) is 25.0. The lowest BCUT2D eigenvalue weighted by atomic mass is 9.92. The van der Waals surface area contributed by atoms with Crippen LogP contribution in [0.4, 0.5) is 0 Å². The minimum Gasteiger partial charge on any atom is -0.282 e. The van der Waals surface area contributed by atoms with E-state index in [1.54, 1.807) is 0 Å². The molecule has 0 aliphatic carbocycles. The second-order valence-corrected chi connectivity index (χ2v) is 11.2. The lowest BCUT2D eigenvalue weighted by molar-refractivity contribution is 0.578. The van der Waals surface area contributed by atoms with Crippen LogP contribution < -0.4 is 0 Å². The van der Waals surface area contributed by atoms with E-state index in [1.807, 2.05) is 35.2 Å². The van der Waals surface area contributed by atoms with Crippen molar-refractivity contribution in [3.63, 3.8) is 0 Å². The van der Waals surface area contributed by atoms with E-state index in [-0.39, 0.29) is 12.1 Å². The van der Waals surface area contributed by atoms with Crippen LogP contribution in [-0.4, -0.2) is 27.0 Å². The Morgan fingerprint density at radius 2 is 1.12 bits per heavy atom. The van der Waals surface area contributed by atoms with Crippen molar-refractivity contribution in [2.75, 3.05) is 0 Å². The Morgan fingerprint density at radius 1 is 0.605 bits per heavy atom. The zero-order chi connectivity index (χ0) is 29.8. The highest BCUT2D eigenvalue weighted by molar-refractivity contribution is 6.04. The molecular weight excluding hydrogens is 526 g/mol. The Balaban J connectivity index is 1.59. The quantitative estimate of drug-likeness (QED) is 0.145. The summed E-state index contributed by atoms with van der Waals surface area (Å²) in [5.41, 5.74) is 10.7. The van der Waals surface area contributed by atoms with E-state index in [4.69, 9.17) is 9.98 Å². The first-order chi connectivity index (χ1) is 20.9. The average molecular weight is 562 g/mol. The topological polar surface area (TPSA) is 55.4 Å². The molecule has 6 rings (SSSR count). The van der Waals surface area contributed by atoms with Crippen molar-refractivity contribution >= 4 is 23.1 Å². The highest BCUT2D eigenvalue weighted by Gasteiger charge is 2.26. The van der Waals surface area contributed by atoms with Gasteiger partial charge in [-0.15, -0.1) is 5.10 Å². The number of benzene rings is 5. The number of hydrogen-bond donors (Lipinski definition) is 0. The zero-order valence-corrected chi connectivity index (χ0v) is 25.0. The molecule has 0 radical (unpaired) electrons. The van der Waals surface area contributed by atoms with E-state index in [0.717, 1.165) is 39.1 Å². The maximum absolute atomic E-state index is 5.56. The molecule has 5 heteroatoms. The van der Waals surface area contributed by atoms with Gasteiger partial charge in [0.05, 0.1) is 5.52 Å². The second-order valence-electron chi connectivity index (χ2n) is 11.2. The normalized spacial score (nSPS) is 13.4. The van der Waals surface area contributed by atoms with Gasteiger partial charge >= 0.3 is 0 Å². The summed E-state index contributed by atoms with van der Waals surface area (Å²) < 4.78 is 1.86. The number of aryl methyl sites for hydroxylation is 4. The summed E-state index contributed by atoms with van der Waals surface area (Å²) in [5, 5.41) is 9.07. The summed E-state index contributed by atoms with van der Waals surface area (Å²) in [6.07, 6.45) is 1.97. The number of aromatic nitrogens is 3. The fraction of sp³-hybridized carbons (Fsp3) is 0.158. The lowest BCUT2D eigenvalue weighted by Gasteiger charge is -2.24. The van der Waals surface area contributed by atoms with Crippen molar-refractivity contribution < 1.29 is 0 Å². The smallest absolute Gasteiger partial charge is 0.159 e. The molecule has 5 nitrogen and oxygen atoms in total. The number of aliphatic imine (C=N–C) groups is 2. The molecule has 0 bridgehead atoms. The first-order valence-electron chi connectivity index (χ1n) is 14.6. The van der Waals surface area contributed by atoms with E-state index in [2.05, 4.69) is 135 Å². The van der Waals surface area contributed by atoms with Crippen LogP contribution in [0.1, 0.15) is 56.6 Å². The number of fused-ring (bicyclic) bond motifs is 1. The standard InChI is InChI=1S/C38H35N5/c1-26-9-17-30(18-10-26)25-39-36(31-19-11-27(2)12-20-31)37(32-21-13-28(3)14-22-32)40-38(33-23-15-29(4)16-24-33)43-35-8-6-5-7-34(35)41-42-43/h5-25,36-37H,1-4H3. The summed E-state index contributed by atoms with van der Waals surface area (Å²) in [4.78, 5) is 10.8. The Labute approximate surface area is 253 Å². The van der Waals surface area contributed by atoms with Crippen molar-refractivity contribution in [3.8, 4) is 0 Å². The molecule has 2 unspecified atom stereocenters. The van der Waals surface area contributed by atoms with Gasteiger partial charge < -0.3 is 0 Å². The summed E-state index contributed by atoms with van der Waals surface area (Å²) in [6, 6.07) is 41.5. The molecule has 0 fully saturated rings. The maximum atomic E-state index is 5.56. The van der Waals surface area contributed by atoms with Crippen LogP contribution in [0.15, 0.2) is 131 Å². The molecule has 5 aromatic carbocycles. The SMILES string of the molecule is Cc1ccc(C=NC(c2ccc(C)cc2)C(N=C(c2ccc(C)cc2)n2nnc3ccccc32)c2ccc(C)cc2)cc1. The van der Waals surface area contributed by atoms with Crippen LogP contribution in [0.3, 0.4) is 0 Å². The third-order valence-corrected chi connectivity index (χ3v) is 7.72. The molecule has 2 atom stereocenters. The van der Waals surface area contributed by atoms with Crippen LogP contribution in [0, 0.1) is 27.7 Å². The Kier molecular flexibility index (Phi) is 8.05. The number of hydrogen-bond acceptors (Lipinski definition) is 4. The molecule has 1 heterocycles. The Bertz CT molecular complexity index is 1880. The first-order valence-corrected chi connectivity index (χ1v) is 14.6. The van der Waals surface area contributed by atoms with E-state index >= 15 is 0 Å². The van der Waals surface area contributed by atoms with Gasteiger partial charge in [0.15, 0.2) is 5.84 Å². The minimum absolute atomic E-state index is 0.292. The van der Waals surface area contributed by atoms with Gasteiger partial charge in [0.2, 0.25) is 0 Å². The molecule has 6 aromatic rings. The van der Waals surface area contributed by atoms with Gasteiger partial charge in [-0.2, -0.15) is 4.68 Å². The lowest BCUT2D eigenvalue weighted by Crippen LogP contribution is -2.19. The minimum atomic E-state index is -0.343. The van der Waals surface area contributed by atoms with E-state index in [9.17, 15) is 0 Å². The van der Waals surface area contributed by atoms with E-state index < -0.39 is 0 Å². The molecule has 0 saturated heterocycles. The van der Waals surface area contributed by atoms with Crippen molar-refractivity contribution in [1.29, 1.82) is 0 Å². The molecule has 43 heavy (non-hydrogen) atoms. The first kappa shape index (κ1) is 28.0. The fourth-order valence-electron chi connectivity index (χ4n) is 5.13. The molecular formula is C38H35N5. The van der Waals surface area contributed by atoms with Crippen LogP contribution >= 0.6 is 0 Å². The van der Waals surface area contributed by atoms with Crippen LogP contribution in [0.2, 0.25) is 0 Å². The van der Waals surface area contributed by atoms with Crippen molar-refractivity contribution in [3.05, 3.63) is 166 Å². The molecule has 0 aliphatic rings. The summed E-state index contributed by atoms with van der Waals surface area (Å²) >= 11 is 0. The predicted octanol–water partition coefficient (Wildman–Crippen LogP) is 8.56. The van der Waals surface area contributed by atoms with Crippen molar-refractivity contribution in [1.82, 2.24) is 15.0 Å². The number of para-hydroxylation sites is 1. The fourth-order valence-corrected chi connectivity index (χ4v) is 5.13. The molecule has 1 aromatic heterocycles. The Morgan fingerprint density at radius 3 is 1.72 bits per heavy atom. The van der Waals surface area contributed by atoms with Crippen LogP contribution in [-0.2, 0) is 0 Å². The molecule has 212 valence electrons. The van der Waals surface area contributed by atoms with Gasteiger partial charge in [0.1, 0.15) is 17.6 Å². The largest absolute Gasteiger partial charge is 0.282 e. The van der Waals surface area contributed by atoms with Gasteiger partial charge in [-0.25, -0.2) is 0 Å². The molecule has 0 saturated carbocycles. The van der Waals surface area contributed by atoms with Crippen LogP contribution in [0.25, 0.3) is 11.0 Å². The predicted molar refractivity (Wildman–Crippen MR) is 177 cm³/mol. The highest BCUT2D eigenvalue weighted by Crippen LogP contribution is 2.37. The summed E-state index contributed by atoms with van der Waals surface area (Å²) in [5.74, 6) is 0.724. The monoisotopic (exact) mass is 561 g/mol. The van der Waals surface area contributed by atoms with Gasteiger partial charge in [-0.1, -0.05) is 137 Å². The molecule has 0 amide bonds. The van der Waals surface area contributed by atoms with Gasteiger partial charge in [0, 0.05) is 11.8 Å². The van der Waals surface area contributed by atoms with E-state index in [1.165, 1.54) is 22.3 Å². The summed E-state index contributed by atoms with van der Waals surface area (Å²) in [7, 11) is 0. The van der Waals surface area contributed by atoms with Crippen molar-refractivity contribution in [2.45, 2.75) is 39.8 Å². The molecule has 0 N–H and O–H groups in total. The van der Waals surface area contributed by atoms with Gasteiger partial charge in [-0.05, 0) is 56.5 Å². The number of rotatable bonds is 7. The number of nitrogens with zero attached hydrogens (tertiary/aromatic N) is 5. The molecule has 0 aliphatic heterocycles. The third-order valence-electron chi connectivity index (χ3n) is 7.72. The molecule has 0 spiro atoms. The highest BCUT2D eigenvalue weighted by atomic mass is 15.4. The van der Waals surface area contributed by atoms with Gasteiger partial charge in [-0.3, -0.25) is 9.98 Å². The van der Waals surface area contributed by atoms with E-state index in [0.29, 0.717) is 0 Å². The maximum Gasteiger partial charge on any atom is 0.159 e. The van der Waals surface area contributed by atoms with Gasteiger partial charge in [0.25, 0.3) is 0 Å². The third kappa shape index (κ3) is 6.36.